The molecule has 1 N–H and O–H groups in total. The van der Waals surface area contributed by atoms with Crippen molar-refractivity contribution in [3.8, 4) is 11.5 Å². The van der Waals surface area contributed by atoms with Crippen molar-refractivity contribution >= 4 is 45.5 Å². The highest BCUT2D eigenvalue weighted by molar-refractivity contribution is 14.1. The number of fused-ring (bicyclic) bond motifs is 1. The molecule has 0 spiro atoms. The molecule has 0 aliphatic carbocycles. The van der Waals surface area contributed by atoms with E-state index in [4.69, 9.17) is 9.47 Å². The highest BCUT2D eigenvalue weighted by atomic mass is 127. The van der Waals surface area contributed by atoms with Gasteiger partial charge in [-0.3, -0.25) is 4.79 Å². The van der Waals surface area contributed by atoms with Gasteiger partial charge in [-0.2, -0.15) is 5.10 Å². The first-order valence-corrected chi connectivity index (χ1v) is 12.7. The van der Waals surface area contributed by atoms with Gasteiger partial charge in [-0.1, -0.05) is 75.4 Å². The second-order valence-electron chi connectivity index (χ2n) is 9.49. The Kier molecular flexibility index (Phi) is 7.94. The standard InChI is InChI=1S/C30H29IN2O3/c1-30(2,3)24-14-12-22(13-15-24)29(34)33-32-18-20-16-26(31)28(27(17-20)35-4)36-19-23-10-7-9-21-8-5-6-11-25(21)23/h5-18H,19H2,1-4H3,(H,33,34)/b32-18-. The van der Waals surface area contributed by atoms with Gasteiger partial charge in [0.2, 0.25) is 0 Å². The Bertz CT molecular complexity index is 1400. The number of methoxy groups -OCH3 is 1. The molecule has 4 aromatic carbocycles. The molecule has 0 saturated carbocycles. The van der Waals surface area contributed by atoms with E-state index in [1.165, 1.54) is 16.3 Å². The van der Waals surface area contributed by atoms with E-state index in [2.05, 4.69) is 78.2 Å². The lowest BCUT2D eigenvalue weighted by Gasteiger charge is -2.18. The fourth-order valence-corrected chi connectivity index (χ4v) is 4.66. The van der Waals surface area contributed by atoms with E-state index < -0.39 is 0 Å². The van der Waals surface area contributed by atoms with Crippen molar-refractivity contribution in [2.45, 2.75) is 32.8 Å². The minimum absolute atomic E-state index is 0.0358. The van der Waals surface area contributed by atoms with Gasteiger partial charge in [0.1, 0.15) is 6.61 Å². The molecule has 0 fully saturated rings. The molecule has 0 aliphatic heterocycles. The number of hydrogen-bond donors (Lipinski definition) is 1. The number of ether oxygens (including phenoxy) is 2. The zero-order chi connectivity index (χ0) is 25.7. The van der Waals surface area contributed by atoms with E-state index in [9.17, 15) is 4.79 Å². The maximum absolute atomic E-state index is 12.5. The predicted molar refractivity (Wildman–Crippen MR) is 154 cm³/mol. The Labute approximate surface area is 225 Å². The molecular weight excluding hydrogens is 563 g/mol. The molecule has 0 aromatic heterocycles. The van der Waals surface area contributed by atoms with E-state index >= 15 is 0 Å². The van der Waals surface area contributed by atoms with Gasteiger partial charge < -0.3 is 9.47 Å². The Balaban J connectivity index is 1.44. The van der Waals surface area contributed by atoms with Gasteiger partial charge in [-0.15, -0.1) is 0 Å². The summed E-state index contributed by atoms with van der Waals surface area (Å²) in [6.45, 7) is 6.84. The van der Waals surface area contributed by atoms with E-state index in [-0.39, 0.29) is 11.3 Å². The molecule has 4 rings (SSSR count). The topological polar surface area (TPSA) is 59.9 Å². The highest BCUT2D eigenvalue weighted by Gasteiger charge is 2.15. The number of benzene rings is 4. The van der Waals surface area contributed by atoms with E-state index in [1.54, 1.807) is 13.3 Å². The molecular formula is C30H29IN2O3. The van der Waals surface area contributed by atoms with Crippen molar-refractivity contribution in [2.75, 3.05) is 7.11 Å². The van der Waals surface area contributed by atoms with Crippen LogP contribution in [-0.2, 0) is 12.0 Å². The summed E-state index contributed by atoms with van der Waals surface area (Å²) in [5, 5.41) is 6.49. The van der Waals surface area contributed by atoms with Gasteiger partial charge >= 0.3 is 0 Å². The lowest BCUT2D eigenvalue weighted by Crippen LogP contribution is -2.18. The van der Waals surface area contributed by atoms with Gasteiger partial charge in [0, 0.05) is 5.56 Å². The summed E-state index contributed by atoms with van der Waals surface area (Å²) in [6.07, 6.45) is 1.60. The largest absolute Gasteiger partial charge is 0.493 e. The van der Waals surface area contributed by atoms with Crippen LogP contribution in [0.2, 0.25) is 0 Å². The number of amides is 1. The third kappa shape index (κ3) is 6.05. The zero-order valence-electron chi connectivity index (χ0n) is 20.8. The maximum atomic E-state index is 12.5. The zero-order valence-corrected chi connectivity index (χ0v) is 23.0. The fourth-order valence-electron chi connectivity index (χ4n) is 3.87. The normalized spacial score (nSPS) is 11.6. The van der Waals surface area contributed by atoms with Crippen molar-refractivity contribution in [1.29, 1.82) is 0 Å². The molecule has 36 heavy (non-hydrogen) atoms. The van der Waals surface area contributed by atoms with Crippen molar-refractivity contribution in [2.24, 2.45) is 5.10 Å². The lowest BCUT2D eigenvalue weighted by molar-refractivity contribution is 0.0955. The van der Waals surface area contributed by atoms with Gasteiger partial charge in [0.05, 0.1) is 16.9 Å². The monoisotopic (exact) mass is 592 g/mol. The first kappa shape index (κ1) is 25.7. The molecule has 0 saturated heterocycles. The van der Waals surface area contributed by atoms with Crippen molar-refractivity contribution in [3.05, 3.63) is 105 Å². The second-order valence-corrected chi connectivity index (χ2v) is 10.6. The van der Waals surface area contributed by atoms with Crippen LogP contribution < -0.4 is 14.9 Å². The lowest BCUT2D eigenvalue weighted by atomic mass is 9.87. The maximum Gasteiger partial charge on any atom is 0.271 e. The molecule has 0 heterocycles. The quantitative estimate of drug-likeness (QED) is 0.142. The number of nitrogens with zero attached hydrogens (tertiary/aromatic N) is 1. The average molecular weight is 592 g/mol. The van der Waals surface area contributed by atoms with Gasteiger partial charge in [0.25, 0.3) is 5.91 Å². The molecule has 5 nitrogen and oxygen atoms in total. The van der Waals surface area contributed by atoms with Crippen LogP contribution in [0.25, 0.3) is 10.8 Å². The number of hydrazone groups is 1. The molecule has 0 unspecified atom stereocenters. The molecule has 0 radical (unpaired) electrons. The van der Waals surface area contributed by atoms with Gasteiger partial charge in [0.15, 0.2) is 11.5 Å². The molecule has 184 valence electrons. The number of halogens is 1. The van der Waals surface area contributed by atoms with Crippen LogP contribution in [-0.4, -0.2) is 19.2 Å². The summed E-state index contributed by atoms with van der Waals surface area (Å²) in [4.78, 5) is 12.5. The number of hydrogen-bond acceptors (Lipinski definition) is 4. The molecule has 1 amide bonds. The molecule has 0 atom stereocenters. The molecule has 4 aromatic rings. The fraction of sp³-hybridized carbons (Fsp3) is 0.200. The van der Waals surface area contributed by atoms with E-state index in [0.29, 0.717) is 23.7 Å². The van der Waals surface area contributed by atoms with E-state index in [0.717, 1.165) is 14.7 Å². The first-order valence-electron chi connectivity index (χ1n) is 11.7. The van der Waals surface area contributed by atoms with Crippen molar-refractivity contribution in [1.82, 2.24) is 5.43 Å². The second kappa shape index (κ2) is 11.1. The Morgan fingerprint density at radius 2 is 1.72 bits per heavy atom. The first-order chi connectivity index (χ1) is 17.3. The summed E-state index contributed by atoms with van der Waals surface area (Å²) < 4.78 is 12.7. The third-order valence-corrected chi connectivity index (χ3v) is 6.70. The minimum Gasteiger partial charge on any atom is -0.493 e. The van der Waals surface area contributed by atoms with Crippen LogP contribution in [0.1, 0.15) is 47.8 Å². The van der Waals surface area contributed by atoms with Crippen LogP contribution in [0.4, 0.5) is 0 Å². The summed E-state index contributed by atoms with van der Waals surface area (Å²) in [7, 11) is 1.61. The van der Waals surface area contributed by atoms with Crippen LogP contribution >= 0.6 is 22.6 Å². The molecule has 0 bridgehead atoms. The highest BCUT2D eigenvalue weighted by Crippen LogP contribution is 2.34. The number of nitrogens with one attached hydrogen (secondary N) is 1. The third-order valence-electron chi connectivity index (χ3n) is 5.90. The average Bonchev–Trinajstić information content (AvgIpc) is 2.87. The summed E-state index contributed by atoms with van der Waals surface area (Å²) in [5.74, 6) is 1.02. The van der Waals surface area contributed by atoms with Crippen molar-refractivity contribution in [3.63, 3.8) is 0 Å². The van der Waals surface area contributed by atoms with Crippen LogP contribution in [0.3, 0.4) is 0 Å². The van der Waals surface area contributed by atoms with Crippen LogP contribution in [0.5, 0.6) is 11.5 Å². The smallest absolute Gasteiger partial charge is 0.271 e. The minimum atomic E-state index is -0.261. The number of rotatable bonds is 7. The Morgan fingerprint density at radius 1 is 1.00 bits per heavy atom. The van der Waals surface area contributed by atoms with E-state index in [1.807, 2.05) is 54.6 Å². The predicted octanol–water partition coefficient (Wildman–Crippen LogP) is 7.09. The summed E-state index contributed by atoms with van der Waals surface area (Å²) >= 11 is 2.23. The summed E-state index contributed by atoms with van der Waals surface area (Å²) in [5.41, 5.74) is 6.26. The molecule has 6 heteroatoms. The van der Waals surface area contributed by atoms with Gasteiger partial charge in [-0.05, 0) is 79.7 Å². The van der Waals surface area contributed by atoms with Crippen molar-refractivity contribution < 1.29 is 14.3 Å². The summed E-state index contributed by atoms with van der Waals surface area (Å²) in [6, 6.07) is 25.8. The SMILES string of the molecule is COc1cc(/C=N\NC(=O)c2ccc(C(C)(C)C)cc2)cc(I)c1OCc1cccc2ccccc12. The molecule has 0 aliphatic rings. The van der Waals surface area contributed by atoms with Gasteiger partial charge in [-0.25, -0.2) is 5.43 Å². The number of carbonyl (C=O) groups is 1. The Hall–Kier alpha value is -3.39. The van der Waals surface area contributed by atoms with Crippen LogP contribution in [0.15, 0.2) is 84.0 Å². The number of carbonyl (C=O) groups excluding carboxylic acids is 1. The van der Waals surface area contributed by atoms with Crippen LogP contribution in [0, 0.1) is 3.57 Å². The Morgan fingerprint density at radius 3 is 2.44 bits per heavy atom.